The summed E-state index contributed by atoms with van der Waals surface area (Å²) < 4.78 is 5.15. The monoisotopic (exact) mass is 254 g/mol. The Balaban J connectivity index is 0.000000631. The lowest BCUT2D eigenvalue weighted by atomic mass is 9.99. The zero-order valence-electron chi connectivity index (χ0n) is 11.2. The third-order valence-electron chi connectivity index (χ3n) is 1.75. The number of hydrogen-bond donors (Lipinski definition) is 2. The van der Waals surface area contributed by atoms with Crippen LogP contribution in [0.4, 0.5) is 0 Å². The van der Waals surface area contributed by atoms with Crippen LogP contribution in [-0.4, -0.2) is 36.0 Å². The van der Waals surface area contributed by atoms with Crippen molar-refractivity contribution in [3.8, 4) is 0 Å². The van der Waals surface area contributed by atoms with Crippen molar-refractivity contribution in [2.75, 3.05) is 19.8 Å². The molecular formula is C14H22O4. The lowest BCUT2D eigenvalue weighted by Gasteiger charge is -2.17. The predicted octanol–water partition coefficient (Wildman–Crippen LogP) is 1.86. The molecule has 0 saturated heterocycles. The Morgan fingerprint density at radius 2 is 1.61 bits per heavy atom. The van der Waals surface area contributed by atoms with Crippen LogP contribution < -0.4 is 0 Å². The van der Waals surface area contributed by atoms with E-state index in [1.54, 1.807) is 12.1 Å². The standard InChI is InChI=1S/C12H16O2.C2H6O2/c1-12(2,3)9-14-11(13)10-7-5-4-6-8-10;3-1-2-4/h4-8H,9H2,1-3H3;3-4H,1-2H2. The molecule has 0 aliphatic carbocycles. The highest BCUT2D eigenvalue weighted by Gasteiger charge is 2.14. The maximum atomic E-state index is 11.5. The van der Waals surface area contributed by atoms with E-state index in [1.165, 1.54) is 0 Å². The minimum atomic E-state index is -0.250. The first kappa shape index (κ1) is 16.6. The molecule has 1 rings (SSSR count). The van der Waals surface area contributed by atoms with Crippen LogP contribution in [0.25, 0.3) is 0 Å². The van der Waals surface area contributed by atoms with Gasteiger partial charge in [0.05, 0.1) is 25.4 Å². The number of benzene rings is 1. The zero-order valence-corrected chi connectivity index (χ0v) is 11.2. The third-order valence-corrected chi connectivity index (χ3v) is 1.75. The smallest absolute Gasteiger partial charge is 0.338 e. The van der Waals surface area contributed by atoms with E-state index in [0.29, 0.717) is 12.2 Å². The molecule has 0 aliphatic heterocycles. The molecule has 0 saturated carbocycles. The highest BCUT2D eigenvalue weighted by atomic mass is 16.5. The van der Waals surface area contributed by atoms with Crippen LogP contribution in [0.1, 0.15) is 31.1 Å². The second-order valence-electron chi connectivity index (χ2n) is 4.95. The lowest BCUT2D eigenvalue weighted by molar-refractivity contribution is 0.0367. The van der Waals surface area contributed by atoms with Crippen molar-refractivity contribution in [1.82, 2.24) is 0 Å². The van der Waals surface area contributed by atoms with E-state index in [9.17, 15) is 4.79 Å². The van der Waals surface area contributed by atoms with Gasteiger partial charge >= 0.3 is 5.97 Å². The molecule has 2 N–H and O–H groups in total. The molecule has 18 heavy (non-hydrogen) atoms. The summed E-state index contributed by atoms with van der Waals surface area (Å²) in [4.78, 5) is 11.5. The number of aliphatic hydroxyl groups excluding tert-OH is 2. The molecule has 0 amide bonds. The van der Waals surface area contributed by atoms with Gasteiger partial charge in [0.1, 0.15) is 0 Å². The second kappa shape index (κ2) is 8.66. The van der Waals surface area contributed by atoms with Gasteiger partial charge in [-0.3, -0.25) is 0 Å². The predicted molar refractivity (Wildman–Crippen MR) is 70.4 cm³/mol. The summed E-state index contributed by atoms with van der Waals surface area (Å²) in [5, 5.41) is 15.2. The van der Waals surface area contributed by atoms with E-state index < -0.39 is 0 Å². The van der Waals surface area contributed by atoms with Gasteiger partial charge in [-0.15, -0.1) is 0 Å². The third kappa shape index (κ3) is 8.73. The normalized spacial score (nSPS) is 10.3. The van der Waals surface area contributed by atoms with Gasteiger partial charge in [-0.2, -0.15) is 0 Å². The number of carbonyl (C=O) groups is 1. The molecule has 1 aromatic rings. The average Bonchev–Trinajstić information content (AvgIpc) is 2.36. The minimum Gasteiger partial charge on any atom is -0.462 e. The average molecular weight is 254 g/mol. The van der Waals surface area contributed by atoms with Gasteiger partial charge < -0.3 is 14.9 Å². The fourth-order valence-corrected chi connectivity index (χ4v) is 0.940. The maximum Gasteiger partial charge on any atom is 0.338 e. The van der Waals surface area contributed by atoms with Crippen molar-refractivity contribution in [1.29, 1.82) is 0 Å². The molecular weight excluding hydrogens is 232 g/mol. The van der Waals surface area contributed by atoms with Crippen LogP contribution in [0.3, 0.4) is 0 Å². The SMILES string of the molecule is CC(C)(C)COC(=O)c1ccccc1.OCCO. The van der Waals surface area contributed by atoms with Gasteiger partial charge in [0.2, 0.25) is 0 Å². The molecule has 0 heterocycles. The summed E-state index contributed by atoms with van der Waals surface area (Å²) in [7, 11) is 0. The van der Waals surface area contributed by atoms with Crippen LogP contribution in [0, 0.1) is 5.41 Å². The summed E-state index contributed by atoms with van der Waals surface area (Å²) >= 11 is 0. The number of carbonyl (C=O) groups excluding carboxylic acids is 1. The molecule has 0 atom stereocenters. The highest BCUT2D eigenvalue weighted by molar-refractivity contribution is 5.89. The molecule has 0 bridgehead atoms. The first-order valence-electron chi connectivity index (χ1n) is 5.84. The van der Waals surface area contributed by atoms with Crippen LogP contribution in [0.2, 0.25) is 0 Å². The van der Waals surface area contributed by atoms with Gasteiger partial charge in [0, 0.05) is 0 Å². The molecule has 0 radical (unpaired) electrons. The largest absolute Gasteiger partial charge is 0.462 e. The fourth-order valence-electron chi connectivity index (χ4n) is 0.940. The summed E-state index contributed by atoms with van der Waals surface area (Å²) in [6.07, 6.45) is 0. The van der Waals surface area contributed by atoms with E-state index in [2.05, 4.69) is 0 Å². The van der Waals surface area contributed by atoms with Crippen molar-refractivity contribution < 1.29 is 19.7 Å². The summed E-state index contributed by atoms with van der Waals surface area (Å²) in [6.45, 7) is 6.29. The first-order chi connectivity index (χ1) is 8.40. The minimum absolute atomic E-state index is 0.0183. The first-order valence-corrected chi connectivity index (χ1v) is 5.84. The Hall–Kier alpha value is -1.39. The topological polar surface area (TPSA) is 66.8 Å². The molecule has 4 nitrogen and oxygen atoms in total. The molecule has 4 heteroatoms. The number of ether oxygens (including phenoxy) is 1. The molecule has 1 aromatic carbocycles. The molecule has 0 aliphatic rings. The van der Waals surface area contributed by atoms with Gasteiger partial charge in [-0.05, 0) is 17.5 Å². The Kier molecular flexibility index (Phi) is 8.00. The van der Waals surface area contributed by atoms with Crippen LogP contribution in [0.15, 0.2) is 30.3 Å². The number of hydrogen-bond acceptors (Lipinski definition) is 4. The van der Waals surface area contributed by atoms with Crippen molar-refractivity contribution in [2.24, 2.45) is 5.41 Å². The Bertz CT molecular complexity index is 325. The van der Waals surface area contributed by atoms with E-state index in [1.807, 2.05) is 39.0 Å². The number of aliphatic hydroxyl groups is 2. The summed E-state index contributed by atoms with van der Waals surface area (Å²) in [5.41, 5.74) is 0.626. The Morgan fingerprint density at radius 1 is 1.11 bits per heavy atom. The summed E-state index contributed by atoms with van der Waals surface area (Å²) in [6, 6.07) is 9.04. The van der Waals surface area contributed by atoms with Crippen molar-refractivity contribution in [2.45, 2.75) is 20.8 Å². The van der Waals surface area contributed by atoms with E-state index >= 15 is 0 Å². The fraction of sp³-hybridized carbons (Fsp3) is 0.500. The van der Waals surface area contributed by atoms with E-state index in [-0.39, 0.29) is 24.6 Å². The Morgan fingerprint density at radius 3 is 2.00 bits per heavy atom. The van der Waals surface area contributed by atoms with Gasteiger partial charge in [-0.25, -0.2) is 4.79 Å². The lowest BCUT2D eigenvalue weighted by Crippen LogP contribution is -2.18. The van der Waals surface area contributed by atoms with Crippen LogP contribution >= 0.6 is 0 Å². The van der Waals surface area contributed by atoms with E-state index in [0.717, 1.165) is 0 Å². The van der Waals surface area contributed by atoms with Crippen molar-refractivity contribution >= 4 is 5.97 Å². The van der Waals surface area contributed by atoms with Gasteiger partial charge in [0.15, 0.2) is 0 Å². The highest BCUT2D eigenvalue weighted by Crippen LogP contribution is 2.14. The van der Waals surface area contributed by atoms with E-state index in [4.69, 9.17) is 14.9 Å². The molecule has 102 valence electrons. The molecule has 0 unspecified atom stereocenters. The van der Waals surface area contributed by atoms with Crippen molar-refractivity contribution in [3.05, 3.63) is 35.9 Å². The van der Waals surface area contributed by atoms with Crippen molar-refractivity contribution in [3.63, 3.8) is 0 Å². The zero-order chi connectivity index (χ0) is 14.0. The second-order valence-corrected chi connectivity index (χ2v) is 4.95. The molecule has 0 spiro atoms. The van der Waals surface area contributed by atoms with Crippen LogP contribution in [0.5, 0.6) is 0 Å². The maximum absolute atomic E-state index is 11.5. The molecule has 0 fully saturated rings. The number of esters is 1. The summed E-state index contributed by atoms with van der Waals surface area (Å²) in [5.74, 6) is -0.250. The van der Waals surface area contributed by atoms with Gasteiger partial charge in [-0.1, -0.05) is 39.0 Å². The van der Waals surface area contributed by atoms with Gasteiger partial charge in [0.25, 0.3) is 0 Å². The molecule has 0 aromatic heterocycles. The Labute approximate surface area is 108 Å². The van der Waals surface area contributed by atoms with Crippen LogP contribution in [-0.2, 0) is 4.74 Å². The quantitative estimate of drug-likeness (QED) is 0.808. The number of rotatable bonds is 3.